The number of hydrogen-bond acceptors (Lipinski definition) is 4. The van der Waals surface area contributed by atoms with Gasteiger partial charge in [-0.1, -0.05) is 6.07 Å². The van der Waals surface area contributed by atoms with E-state index in [1.165, 1.54) is 24.3 Å². The monoisotopic (exact) mass is 364 g/mol. The third-order valence-corrected chi connectivity index (χ3v) is 6.48. The molecule has 2 atom stereocenters. The van der Waals surface area contributed by atoms with Gasteiger partial charge in [-0.3, -0.25) is 9.89 Å². The molecular formula is C19H32N4OS. The molecule has 0 aromatic carbocycles. The molecule has 0 radical (unpaired) electrons. The fraction of sp³-hybridized carbons (Fsp3) is 0.737. The number of hydrogen-bond donors (Lipinski definition) is 3. The quantitative estimate of drug-likeness (QED) is 0.536. The van der Waals surface area contributed by atoms with Gasteiger partial charge in [0.1, 0.15) is 0 Å². The Hall–Kier alpha value is -1.11. The molecule has 0 amide bonds. The van der Waals surface area contributed by atoms with Crippen LogP contribution in [0.1, 0.15) is 49.9 Å². The van der Waals surface area contributed by atoms with Crippen LogP contribution in [0.2, 0.25) is 0 Å². The van der Waals surface area contributed by atoms with Crippen LogP contribution in [0.3, 0.4) is 0 Å². The Labute approximate surface area is 155 Å². The minimum Gasteiger partial charge on any atom is -0.388 e. The highest BCUT2D eigenvalue weighted by molar-refractivity contribution is 7.10. The van der Waals surface area contributed by atoms with Crippen molar-refractivity contribution in [2.75, 3.05) is 33.2 Å². The molecule has 1 aromatic heterocycles. The SMILES string of the molecule is CCNC(=NCC1(O)CCC1)NCC1CCCN(C)C1c1cccs1. The van der Waals surface area contributed by atoms with Crippen LogP contribution in [-0.4, -0.2) is 54.8 Å². The van der Waals surface area contributed by atoms with Gasteiger partial charge in [-0.15, -0.1) is 11.3 Å². The van der Waals surface area contributed by atoms with E-state index >= 15 is 0 Å². The van der Waals surface area contributed by atoms with Gasteiger partial charge in [0, 0.05) is 24.0 Å². The van der Waals surface area contributed by atoms with Gasteiger partial charge in [0.15, 0.2) is 5.96 Å². The van der Waals surface area contributed by atoms with Crippen LogP contribution in [-0.2, 0) is 0 Å². The Balaban J connectivity index is 1.61. The Morgan fingerprint density at radius 2 is 2.24 bits per heavy atom. The zero-order valence-electron chi connectivity index (χ0n) is 15.5. The summed E-state index contributed by atoms with van der Waals surface area (Å²) in [4.78, 5) is 8.58. The van der Waals surface area contributed by atoms with E-state index < -0.39 is 5.60 Å². The number of aliphatic imine (C=N–C) groups is 1. The second kappa shape index (κ2) is 8.52. The van der Waals surface area contributed by atoms with Crippen LogP contribution in [0.5, 0.6) is 0 Å². The van der Waals surface area contributed by atoms with E-state index in [1.54, 1.807) is 0 Å². The third kappa shape index (κ3) is 4.74. The van der Waals surface area contributed by atoms with Crippen molar-refractivity contribution in [3.8, 4) is 0 Å². The Morgan fingerprint density at radius 3 is 2.88 bits per heavy atom. The number of thiophene rings is 1. The molecule has 0 spiro atoms. The van der Waals surface area contributed by atoms with Crippen LogP contribution in [0.25, 0.3) is 0 Å². The van der Waals surface area contributed by atoms with Crippen molar-refractivity contribution in [1.29, 1.82) is 0 Å². The molecule has 1 aliphatic carbocycles. The molecule has 5 nitrogen and oxygen atoms in total. The molecule has 6 heteroatoms. The summed E-state index contributed by atoms with van der Waals surface area (Å²) >= 11 is 1.86. The van der Waals surface area contributed by atoms with E-state index in [4.69, 9.17) is 0 Å². The fourth-order valence-electron chi connectivity index (χ4n) is 3.92. The molecule has 2 unspecified atom stereocenters. The van der Waals surface area contributed by atoms with E-state index in [1.807, 2.05) is 11.3 Å². The normalized spacial score (nSPS) is 26.9. The van der Waals surface area contributed by atoms with E-state index in [0.717, 1.165) is 38.3 Å². The number of piperidine rings is 1. The maximum Gasteiger partial charge on any atom is 0.191 e. The number of guanidine groups is 1. The summed E-state index contributed by atoms with van der Waals surface area (Å²) in [5.74, 6) is 1.41. The molecule has 1 saturated heterocycles. The van der Waals surface area contributed by atoms with Crippen molar-refractivity contribution in [2.24, 2.45) is 10.9 Å². The maximum absolute atomic E-state index is 10.3. The first-order valence-corrected chi connectivity index (χ1v) is 10.5. The van der Waals surface area contributed by atoms with Crippen molar-refractivity contribution in [3.63, 3.8) is 0 Å². The molecule has 1 saturated carbocycles. The number of rotatable bonds is 6. The first-order valence-electron chi connectivity index (χ1n) is 9.59. The second-order valence-corrected chi connectivity index (χ2v) is 8.48. The summed E-state index contributed by atoms with van der Waals surface area (Å²) in [5, 5.41) is 19.3. The number of aliphatic hydroxyl groups is 1. The van der Waals surface area contributed by atoms with Crippen molar-refractivity contribution < 1.29 is 5.11 Å². The van der Waals surface area contributed by atoms with Crippen LogP contribution in [0.4, 0.5) is 0 Å². The zero-order chi connectivity index (χ0) is 17.7. The molecule has 1 aliphatic heterocycles. The molecule has 2 fully saturated rings. The number of nitrogens with one attached hydrogen (secondary N) is 2. The average molecular weight is 365 g/mol. The number of nitrogens with zero attached hydrogens (tertiary/aromatic N) is 2. The second-order valence-electron chi connectivity index (χ2n) is 7.50. The van der Waals surface area contributed by atoms with Gasteiger partial charge in [0.25, 0.3) is 0 Å². The lowest BCUT2D eigenvalue weighted by molar-refractivity contribution is -0.0236. The molecule has 1 aromatic rings. The van der Waals surface area contributed by atoms with E-state index in [2.05, 4.69) is 52.0 Å². The molecule has 0 bridgehead atoms. The molecule has 2 aliphatic rings. The topological polar surface area (TPSA) is 59.9 Å². The summed E-state index contributed by atoms with van der Waals surface area (Å²) in [6, 6.07) is 4.90. The Bertz CT molecular complexity index is 556. The summed E-state index contributed by atoms with van der Waals surface area (Å²) in [7, 11) is 2.24. The predicted molar refractivity (Wildman–Crippen MR) is 105 cm³/mol. The van der Waals surface area contributed by atoms with E-state index in [0.29, 0.717) is 18.5 Å². The fourth-order valence-corrected chi connectivity index (χ4v) is 4.90. The number of likely N-dealkylation sites (tertiary alicyclic amines) is 1. The van der Waals surface area contributed by atoms with Crippen LogP contribution in [0, 0.1) is 5.92 Å². The average Bonchev–Trinajstić information content (AvgIpc) is 3.09. The van der Waals surface area contributed by atoms with Gasteiger partial charge in [-0.2, -0.15) is 0 Å². The van der Waals surface area contributed by atoms with Gasteiger partial charge < -0.3 is 15.7 Å². The predicted octanol–water partition coefficient (Wildman–Crippen LogP) is 2.60. The van der Waals surface area contributed by atoms with Crippen molar-refractivity contribution in [3.05, 3.63) is 22.4 Å². The Kier molecular flexibility index (Phi) is 6.36. The third-order valence-electron chi connectivity index (χ3n) is 5.53. The highest BCUT2D eigenvalue weighted by Gasteiger charge is 2.34. The van der Waals surface area contributed by atoms with Crippen LogP contribution >= 0.6 is 11.3 Å². The van der Waals surface area contributed by atoms with Gasteiger partial charge in [0.2, 0.25) is 0 Å². The summed E-state index contributed by atoms with van der Waals surface area (Å²) < 4.78 is 0. The maximum atomic E-state index is 10.3. The summed E-state index contributed by atoms with van der Waals surface area (Å²) in [5.41, 5.74) is -0.563. The van der Waals surface area contributed by atoms with Gasteiger partial charge in [-0.25, -0.2) is 0 Å². The molecule has 140 valence electrons. The van der Waals surface area contributed by atoms with E-state index in [-0.39, 0.29) is 0 Å². The highest BCUT2D eigenvalue weighted by atomic mass is 32.1. The summed E-state index contributed by atoms with van der Waals surface area (Å²) in [6.07, 6.45) is 5.36. The standard InChI is InChI=1S/C19H32N4OS/c1-3-20-18(22-14-19(24)9-6-10-19)21-13-15-7-4-11-23(2)17(15)16-8-5-12-25-16/h5,8,12,15,17,24H,3-4,6-7,9-11,13-14H2,1-2H3,(H2,20,21,22). The molecular weight excluding hydrogens is 332 g/mol. The first-order chi connectivity index (χ1) is 12.1. The van der Waals surface area contributed by atoms with Gasteiger partial charge in [-0.05, 0) is 70.0 Å². The van der Waals surface area contributed by atoms with Crippen molar-refractivity contribution in [2.45, 2.75) is 50.7 Å². The zero-order valence-corrected chi connectivity index (χ0v) is 16.3. The smallest absolute Gasteiger partial charge is 0.191 e. The summed E-state index contributed by atoms with van der Waals surface area (Å²) in [6.45, 7) is 5.50. The Morgan fingerprint density at radius 1 is 1.40 bits per heavy atom. The molecule has 25 heavy (non-hydrogen) atoms. The van der Waals surface area contributed by atoms with Gasteiger partial charge in [0.05, 0.1) is 12.1 Å². The first kappa shape index (κ1) is 18.7. The minimum atomic E-state index is -0.563. The van der Waals surface area contributed by atoms with Crippen LogP contribution in [0.15, 0.2) is 22.5 Å². The van der Waals surface area contributed by atoms with Crippen molar-refractivity contribution >= 4 is 17.3 Å². The molecule has 3 N–H and O–H groups in total. The highest BCUT2D eigenvalue weighted by Crippen LogP contribution is 2.36. The lowest BCUT2D eigenvalue weighted by Crippen LogP contribution is -2.46. The van der Waals surface area contributed by atoms with E-state index in [9.17, 15) is 5.11 Å². The minimum absolute atomic E-state index is 0.486. The molecule has 2 heterocycles. The van der Waals surface area contributed by atoms with Crippen molar-refractivity contribution in [1.82, 2.24) is 15.5 Å². The lowest BCUT2D eigenvalue weighted by Gasteiger charge is -2.39. The molecule has 3 rings (SSSR count). The largest absolute Gasteiger partial charge is 0.388 e. The lowest BCUT2D eigenvalue weighted by atomic mass is 9.80. The van der Waals surface area contributed by atoms with Gasteiger partial charge >= 0.3 is 0 Å². The van der Waals surface area contributed by atoms with Crippen LogP contribution < -0.4 is 10.6 Å².